The van der Waals surface area contributed by atoms with Gasteiger partial charge in [-0.25, -0.2) is 0 Å². The Morgan fingerprint density at radius 1 is 1.33 bits per heavy atom. The first kappa shape index (κ1) is 15.4. The second-order valence-electron chi connectivity index (χ2n) is 4.67. The van der Waals surface area contributed by atoms with E-state index in [0.717, 1.165) is 6.07 Å². The fourth-order valence-electron chi connectivity index (χ4n) is 2.12. The van der Waals surface area contributed by atoms with Crippen LogP contribution in [-0.2, 0) is 12.7 Å². The first-order valence-corrected chi connectivity index (χ1v) is 6.48. The summed E-state index contributed by atoms with van der Waals surface area (Å²) in [7, 11) is 0. The zero-order valence-corrected chi connectivity index (χ0v) is 11.4. The Hall–Kier alpha value is -2.02. The summed E-state index contributed by atoms with van der Waals surface area (Å²) < 4.78 is 40.5. The van der Waals surface area contributed by atoms with E-state index in [-0.39, 0.29) is 12.2 Å². The number of nitrogens with one attached hydrogen (secondary N) is 1. The van der Waals surface area contributed by atoms with E-state index >= 15 is 0 Å². The van der Waals surface area contributed by atoms with E-state index in [9.17, 15) is 13.2 Å². The molecule has 0 aliphatic carbocycles. The Morgan fingerprint density at radius 3 is 2.71 bits per heavy atom. The summed E-state index contributed by atoms with van der Waals surface area (Å²) in [6.45, 7) is 1.96. The quantitative estimate of drug-likeness (QED) is 0.892. The molecule has 0 saturated carbocycles. The van der Waals surface area contributed by atoms with Crippen LogP contribution in [0, 0.1) is 0 Å². The standard InChI is InChI=1S/C14H16F3N3O/c1-10(19-11-8-18-20(9-11)6-7-21)12-4-2-3-5-13(12)14(15,16)17/h2-5,8-10,19,21H,6-7H2,1H3. The van der Waals surface area contributed by atoms with Crippen LogP contribution in [0.3, 0.4) is 0 Å². The number of aromatic nitrogens is 2. The summed E-state index contributed by atoms with van der Waals surface area (Å²) >= 11 is 0. The van der Waals surface area contributed by atoms with Crippen molar-refractivity contribution in [3.63, 3.8) is 0 Å². The molecule has 7 heteroatoms. The van der Waals surface area contributed by atoms with Gasteiger partial charge in [-0.3, -0.25) is 4.68 Å². The Morgan fingerprint density at radius 2 is 2.05 bits per heavy atom. The highest BCUT2D eigenvalue weighted by atomic mass is 19.4. The highest BCUT2D eigenvalue weighted by molar-refractivity contribution is 5.43. The van der Waals surface area contributed by atoms with Crippen molar-refractivity contribution in [2.75, 3.05) is 11.9 Å². The summed E-state index contributed by atoms with van der Waals surface area (Å²) in [6.07, 6.45) is -1.22. The van der Waals surface area contributed by atoms with E-state index in [1.807, 2.05) is 0 Å². The van der Waals surface area contributed by atoms with Crippen LogP contribution in [0.1, 0.15) is 24.1 Å². The van der Waals surface area contributed by atoms with Gasteiger partial charge >= 0.3 is 6.18 Å². The molecule has 0 aliphatic rings. The number of hydrogen-bond donors (Lipinski definition) is 2. The van der Waals surface area contributed by atoms with Gasteiger partial charge in [0, 0.05) is 12.2 Å². The molecule has 1 aromatic carbocycles. The molecule has 4 nitrogen and oxygen atoms in total. The molecule has 1 unspecified atom stereocenters. The van der Waals surface area contributed by atoms with Crippen molar-refractivity contribution in [1.29, 1.82) is 0 Å². The lowest BCUT2D eigenvalue weighted by Gasteiger charge is -2.19. The molecule has 114 valence electrons. The van der Waals surface area contributed by atoms with Gasteiger partial charge in [0.15, 0.2) is 0 Å². The van der Waals surface area contributed by atoms with Gasteiger partial charge in [0.1, 0.15) is 0 Å². The number of rotatable bonds is 5. The van der Waals surface area contributed by atoms with Gasteiger partial charge in [-0.05, 0) is 18.6 Å². The van der Waals surface area contributed by atoms with Crippen LogP contribution < -0.4 is 5.32 Å². The predicted molar refractivity (Wildman–Crippen MR) is 72.8 cm³/mol. The summed E-state index contributed by atoms with van der Waals surface area (Å²) in [4.78, 5) is 0. The first-order valence-electron chi connectivity index (χ1n) is 6.48. The molecule has 0 saturated heterocycles. The highest BCUT2D eigenvalue weighted by Gasteiger charge is 2.34. The lowest BCUT2D eigenvalue weighted by molar-refractivity contribution is -0.138. The summed E-state index contributed by atoms with van der Waals surface area (Å²) in [5, 5.41) is 15.8. The second-order valence-corrected chi connectivity index (χ2v) is 4.67. The van der Waals surface area contributed by atoms with Gasteiger partial charge in [-0.2, -0.15) is 18.3 Å². The number of aliphatic hydroxyl groups is 1. The van der Waals surface area contributed by atoms with Crippen molar-refractivity contribution in [3.8, 4) is 0 Å². The number of anilines is 1. The molecule has 1 atom stereocenters. The number of nitrogens with zero attached hydrogens (tertiary/aromatic N) is 2. The molecular formula is C14H16F3N3O. The van der Waals surface area contributed by atoms with Crippen LogP contribution >= 0.6 is 0 Å². The van der Waals surface area contributed by atoms with Gasteiger partial charge in [0.2, 0.25) is 0 Å². The van der Waals surface area contributed by atoms with Crippen LogP contribution in [0.2, 0.25) is 0 Å². The molecule has 1 aromatic heterocycles. The largest absolute Gasteiger partial charge is 0.416 e. The first-order chi connectivity index (χ1) is 9.91. The maximum Gasteiger partial charge on any atom is 0.416 e. The van der Waals surface area contributed by atoms with Crippen molar-refractivity contribution >= 4 is 5.69 Å². The van der Waals surface area contributed by atoms with E-state index in [4.69, 9.17) is 5.11 Å². The topological polar surface area (TPSA) is 50.1 Å². The minimum atomic E-state index is -4.38. The number of hydrogen-bond acceptors (Lipinski definition) is 3. The lowest BCUT2D eigenvalue weighted by atomic mass is 10.0. The third-order valence-corrected chi connectivity index (χ3v) is 3.08. The zero-order valence-electron chi connectivity index (χ0n) is 11.4. The Labute approximate surface area is 120 Å². The van der Waals surface area contributed by atoms with Crippen molar-refractivity contribution in [2.45, 2.75) is 25.7 Å². The Balaban J connectivity index is 2.18. The smallest absolute Gasteiger partial charge is 0.394 e. The van der Waals surface area contributed by atoms with E-state index in [0.29, 0.717) is 12.2 Å². The third-order valence-electron chi connectivity index (χ3n) is 3.08. The zero-order chi connectivity index (χ0) is 15.5. The average molecular weight is 299 g/mol. The molecule has 2 N–H and O–H groups in total. The summed E-state index contributed by atoms with van der Waals surface area (Å²) in [5.41, 5.74) is 0.139. The number of aliphatic hydroxyl groups excluding tert-OH is 1. The fraction of sp³-hybridized carbons (Fsp3) is 0.357. The molecule has 0 aliphatic heterocycles. The van der Waals surface area contributed by atoms with Gasteiger partial charge in [-0.15, -0.1) is 0 Å². The van der Waals surface area contributed by atoms with Crippen molar-refractivity contribution in [2.24, 2.45) is 0 Å². The van der Waals surface area contributed by atoms with Crippen LogP contribution in [0.5, 0.6) is 0 Å². The Kier molecular flexibility index (Phi) is 4.52. The summed E-state index contributed by atoms with van der Waals surface area (Å²) in [6, 6.07) is 4.96. The van der Waals surface area contributed by atoms with E-state index in [1.54, 1.807) is 19.2 Å². The molecule has 0 radical (unpaired) electrons. The van der Waals surface area contributed by atoms with Crippen LogP contribution in [0.4, 0.5) is 18.9 Å². The number of alkyl halides is 3. The monoisotopic (exact) mass is 299 g/mol. The SMILES string of the molecule is CC(Nc1cnn(CCO)c1)c1ccccc1C(F)(F)F. The van der Waals surface area contributed by atoms with Gasteiger partial charge < -0.3 is 10.4 Å². The molecule has 2 rings (SSSR count). The lowest BCUT2D eigenvalue weighted by Crippen LogP contribution is -2.15. The Bertz CT molecular complexity index is 595. The maximum atomic E-state index is 13.0. The van der Waals surface area contributed by atoms with E-state index in [2.05, 4.69) is 10.4 Å². The molecule has 1 heterocycles. The summed E-state index contributed by atoms with van der Waals surface area (Å²) in [5.74, 6) is 0. The van der Waals surface area contributed by atoms with Crippen LogP contribution in [0.15, 0.2) is 36.7 Å². The van der Waals surface area contributed by atoms with Crippen molar-refractivity contribution in [3.05, 3.63) is 47.8 Å². The molecule has 21 heavy (non-hydrogen) atoms. The minimum Gasteiger partial charge on any atom is -0.394 e. The number of halogens is 3. The maximum absolute atomic E-state index is 13.0. The average Bonchev–Trinajstić information content (AvgIpc) is 2.85. The normalized spacial score (nSPS) is 13.2. The molecule has 0 fully saturated rings. The van der Waals surface area contributed by atoms with Crippen molar-refractivity contribution < 1.29 is 18.3 Å². The number of benzene rings is 1. The predicted octanol–water partition coefficient (Wildman–Crippen LogP) is 3.07. The van der Waals surface area contributed by atoms with Gasteiger partial charge in [0.05, 0.1) is 30.6 Å². The van der Waals surface area contributed by atoms with E-state index < -0.39 is 17.8 Å². The minimum absolute atomic E-state index is 0.0480. The van der Waals surface area contributed by atoms with Gasteiger partial charge in [0.25, 0.3) is 0 Å². The molecular weight excluding hydrogens is 283 g/mol. The fourth-order valence-corrected chi connectivity index (χ4v) is 2.12. The van der Waals surface area contributed by atoms with Crippen LogP contribution in [0.25, 0.3) is 0 Å². The van der Waals surface area contributed by atoms with Crippen LogP contribution in [-0.4, -0.2) is 21.5 Å². The van der Waals surface area contributed by atoms with Gasteiger partial charge in [-0.1, -0.05) is 18.2 Å². The second kappa shape index (κ2) is 6.17. The highest BCUT2D eigenvalue weighted by Crippen LogP contribution is 2.35. The third kappa shape index (κ3) is 3.75. The molecule has 0 spiro atoms. The molecule has 0 amide bonds. The van der Waals surface area contributed by atoms with E-state index in [1.165, 1.54) is 23.0 Å². The van der Waals surface area contributed by atoms with Crippen molar-refractivity contribution in [1.82, 2.24) is 9.78 Å². The molecule has 2 aromatic rings. The molecule has 0 bridgehead atoms.